The van der Waals surface area contributed by atoms with Crippen LogP contribution in [0.15, 0.2) is 48.5 Å². The van der Waals surface area contributed by atoms with Gasteiger partial charge in [-0.05, 0) is 36.2 Å². The lowest BCUT2D eigenvalue weighted by molar-refractivity contribution is 0.0757. The first kappa shape index (κ1) is 18.3. The van der Waals surface area contributed by atoms with E-state index in [0.29, 0.717) is 11.3 Å². The van der Waals surface area contributed by atoms with Crippen LogP contribution in [0.1, 0.15) is 22.3 Å². The zero-order valence-corrected chi connectivity index (χ0v) is 15.5. The van der Waals surface area contributed by atoms with Crippen molar-refractivity contribution in [3.63, 3.8) is 0 Å². The standard InChI is InChI=1S/C21H26N2O3/c1-25-18-10-8-17(9-11-18)16-22-12-5-13-23(15-14-22)21(24)19-6-3-4-7-20(19)26-2/h3-4,6-11H,5,12-16H2,1-2H3. The van der Waals surface area contributed by atoms with Gasteiger partial charge in [-0.25, -0.2) is 0 Å². The van der Waals surface area contributed by atoms with Gasteiger partial charge in [0.1, 0.15) is 11.5 Å². The number of hydrogen-bond acceptors (Lipinski definition) is 4. The number of carbonyl (C=O) groups is 1. The number of nitrogens with zero attached hydrogens (tertiary/aromatic N) is 2. The van der Waals surface area contributed by atoms with E-state index < -0.39 is 0 Å². The van der Waals surface area contributed by atoms with Crippen LogP contribution in [0.5, 0.6) is 11.5 Å². The van der Waals surface area contributed by atoms with Crippen molar-refractivity contribution in [1.82, 2.24) is 9.80 Å². The Bertz CT molecular complexity index is 730. The Morgan fingerprint density at radius 2 is 1.69 bits per heavy atom. The highest BCUT2D eigenvalue weighted by Crippen LogP contribution is 2.20. The third-order valence-corrected chi connectivity index (χ3v) is 4.78. The number of methoxy groups -OCH3 is 2. The third kappa shape index (κ3) is 4.35. The Balaban J connectivity index is 1.61. The largest absolute Gasteiger partial charge is 0.497 e. The van der Waals surface area contributed by atoms with E-state index in [4.69, 9.17) is 9.47 Å². The van der Waals surface area contributed by atoms with Crippen LogP contribution in [-0.4, -0.2) is 56.1 Å². The monoisotopic (exact) mass is 354 g/mol. The van der Waals surface area contributed by atoms with Crippen molar-refractivity contribution in [2.45, 2.75) is 13.0 Å². The van der Waals surface area contributed by atoms with Crippen LogP contribution in [0.25, 0.3) is 0 Å². The molecule has 0 aliphatic carbocycles. The SMILES string of the molecule is COc1ccc(CN2CCCN(C(=O)c3ccccc3OC)CC2)cc1. The molecule has 1 heterocycles. The van der Waals surface area contributed by atoms with Gasteiger partial charge in [-0.15, -0.1) is 0 Å². The van der Waals surface area contributed by atoms with Gasteiger partial charge in [-0.2, -0.15) is 0 Å². The molecule has 1 aliphatic rings. The maximum Gasteiger partial charge on any atom is 0.257 e. The van der Waals surface area contributed by atoms with Gasteiger partial charge in [0.05, 0.1) is 19.8 Å². The van der Waals surface area contributed by atoms with Crippen molar-refractivity contribution < 1.29 is 14.3 Å². The molecule has 5 nitrogen and oxygen atoms in total. The molecule has 138 valence electrons. The first-order valence-corrected chi connectivity index (χ1v) is 8.99. The van der Waals surface area contributed by atoms with E-state index in [1.54, 1.807) is 14.2 Å². The summed E-state index contributed by atoms with van der Waals surface area (Å²) in [6.07, 6.45) is 0.969. The van der Waals surface area contributed by atoms with Crippen LogP contribution >= 0.6 is 0 Å². The molecule has 26 heavy (non-hydrogen) atoms. The van der Waals surface area contributed by atoms with Gasteiger partial charge in [-0.3, -0.25) is 9.69 Å². The molecule has 0 atom stereocenters. The van der Waals surface area contributed by atoms with Gasteiger partial charge in [-0.1, -0.05) is 24.3 Å². The number of carbonyl (C=O) groups excluding carboxylic acids is 1. The number of hydrogen-bond donors (Lipinski definition) is 0. The lowest BCUT2D eigenvalue weighted by Crippen LogP contribution is -2.35. The minimum Gasteiger partial charge on any atom is -0.497 e. The smallest absolute Gasteiger partial charge is 0.257 e. The molecule has 0 radical (unpaired) electrons. The highest BCUT2D eigenvalue weighted by atomic mass is 16.5. The van der Waals surface area contributed by atoms with Crippen molar-refractivity contribution in [2.24, 2.45) is 0 Å². The Kier molecular flexibility index (Phi) is 6.12. The summed E-state index contributed by atoms with van der Waals surface area (Å²) < 4.78 is 10.6. The van der Waals surface area contributed by atoms with Gasteiger partial charge >= 0.3 is 0 Å². The van der Waals surface area contributed by atoms with Crippen LogP contribution in [-0.2, 0) is 6.54 Å². The third-order valence-electron chi connectivity index (χ3n) is 4.78. The van der Waals surface area contributed by atoms with Crippen molar-refractivity contribution in [3.8, 4) is 11.5 Å². The van der Waals surface area contributed by atoms with Crippen LogP contribution in [0.4, 0.5) is 0 Å². The lowest BCUT2D eigenvalue weighted by Gasteiger charge is -2.23. The van der Waals surface area contributed by atoms with Gasteiger partial charge in [0.2, 0.25) is 0 Å². The molecule has 0 bridgehead atoms. The fourth-order valence-electron chi connectivity index (χ4n) is 3.31. The van der Waals surface area contributed by atoms with Gasteiger partial charge in [0.15, 0.2) is 0 Å². The molecule has 3 rings (SSSR count). The average molecular weight is 354 g/mol. The molecule has 2 aromatic carbocycles. The normalized spacial score (nSPS) is 15.4. The molecule has 1 saturated heterocycles. The summed E-state index contributed by atoms with van der Waals surface area (Å²) in [6, 6.07) is 15.6. The van der Waals surface area contributed by atoms with Crippen molar-refractivity contribution in [1.29, 1.82) is 0 Å². The zero-order chi connectivity index (χ0) is 18.4. The van der Waals surface area contributed by atoms with E-state index in [1.807, 2.05) is 41.3 Å². The summed E-state index contributed by atoms with van der Waals surface area (Å²) in [7, 11) is 3.28. The summed E-state index contributed by atoms with van der Waals surface area (Å²) in [5.41, 5.74) is 1.90. The molecule has 1 fully saturated rings. The molecule has 0 saturated carbocycles. The fourth-order valence-corrected chi connectivity index (χ4v) is 3.31. The first-order chi connectivity index (χ1) is 12.7. The fraction of sp³-hybridized carbons (Fsp3) is 0.381. The van der Waals surface area contributed by atoms with E-state index in [-0.39, 0.29) is 5.91 Å². The predicted octanol–water partition coefficient (Wildman–Crippen LogP) is 3.05. The lowest BCUT2D eigenvalue weighted by atomic mass is 10.1. The minimum absolute atomic E-state index is 0.0498. The minimum atomic E-state index is 0.0498. The van der Waals surface area contributed by atoms with E-state index in [0.717, 1.165) is 44.9 Å². The maximum absolute atomic E-state index is 12.9. The highest BCUT2D eigenvalue weighted by Gasteiger charge is 2.22. The summed E-state index contributed by atoms with van der Waals surface area (Å²) in [4.78, 5) is 17.2. The molecule has 0 N–H and O–H groups in total. The van der Waals surface area contributed by atoms with E-state index >= 15 is 0 Å². The first-order valence-electron chi connectivity index (χ1n) is 8.99. The Hall–Kier alpha value is -2.53. The maximum atomic E-state index is 12.9. The molecule has 2 aromatic rings. The highest BCUT2D eigenvalue weighted by molar-refractivity contribution is 5.97. The molecule has 1 aliphatic heterocycles. The summed E-state index contributed by atoms with van der Waals surface area (Å²) >= 11 is 0. The molecule has 1 amide bonds. The van der Waals surface area contributed by atoms with Crippen molar-refractivity contribution in [2.75, 3.05) is 40.4 Å². The van der Waals surface area contributed by atoms with Crippen LogP contribution in [0, 0.1) is 0 Å². The second-order valence-corrected chi connectivity index (χ2v) is 6.47. The van der Waals surface area contributed by atoms with Crippen molar-refractivity contribution >= 4 is 5.91 Å². The average Bonchev–Trinajstić information content (AvgIpc) is 2.93. The molecule has 0 aromatic heterocycles. The van der Waals surface area contributed by atoms with E-state index in [1.165, 1.54) is 5.56 Å². The van der Waals surface area contributed by atoms with Crippen molar-refractivity contribution in [3.05, 3.63) is 59.7 Å². The second-order valence-electron chi connectivity index (χ2n) is 6.47. The molecule has 0 unspecified atom stereocenters. The number of amides is 1. The molecular formula is C21H26N2O3. The van der Waals surface area contributed by atoms with E-state index in [9.17, 15) is 4.79 Å². The predicted molar refractivity (Wildman–Crippen MR) is 102 cm³/mol. The number of benzene rings is 2. The summed E-state index contributed by atoms with van der Waals surface area (Å²) in [5.74, 6) is 1.56. The van der Waals surface area contributed by atoms with Crippen LogP contribution in [0.3, 0.4) is 0 Å². The Labute approximate surface area is 155 Å². The number of rotatable bonds is 5. The van der Waals surface area contributed by atoms with E-state index in [2.05, 4.69) is 17.0 Å². The summed E-state index contributed by atoms with van der Waals surface area (Å²) in [5, 5.41) is 0. The molecular weight excluding hydrogens is 328 g/mol. The van der Waals surface area contributed by atoms with Gasteiger partial charge in [0.25, 0.3) is 5.91 Å². The molecule has 5 heteroatoms. The Morgan fingerprint density at radius 1 is 0.923 bits per heavy atom. The number of ether oxygens (including phenoxy) is 2. The molecule has 0 spiro atoms. The zero-order valence-electron chi connectivity index (χ0n) is 15.5. The van der Waals surface area contributed by atoms with Crippen LogP contribution < -0.4 is 9.47 Å². The van der Waals surface area contributed by atoms with Gasteiger partial charge < -0.3 is 14.4 Å². The quantitative estimate of drug-likeness (QED) is 0.828. The Morgan fingerprint density at radius 3 is 2.42 bits per heavy atom. The second kappa shape index (κ2) is 8.72. The topological polar surface area (TPSA) is 42.0 Å². The van der Waals surface area contributed by atoms with Gasteiger partial charge in [0, 0.05) is 32.7 Å². The number of para-hydroxylation sites is 1. The van der Waals surface area contributed by atoms with Crippen LogP contribution in [0.2, 0.25) is 0 Å². The summed E-state index contributed by atoms with van der Waals surface area (Å²) in [6.45, 7) is 4.25.